The van der Waals surface area contributed by atoms with Crippen molar-refractivity contribution in [2.75, 3.05) is 6.54 Å². The van der Waals surface area contributed by atoms with E-state index in [4.69, 9.17) is 5.73 Å². The van der Waals surface area contributed by atoms with Gasteiger partial charge in [-0.15, -0.1) is 0 Å². The van der Waals surface area contributed by atoms with E-state index in [1.807, 2.05) is 0 Å². The number of alkyl halides is 3. The Morgan fingerprint density at radius 1 is 1.38 bits per heavy atom. The van der Waals surface area contributed by atoms with Gasteiger partial charge in [-0.2, -0.15) is 13.2 Å². The summed E-state index contributed by atoms with van der Waals surface area (Å²) in [5.74, 6) is -0.304. The van der Waals surface area contributed by atoms with E-state index in [1.165, 1.54) is 0 Å². The zero-order valence-corrected chi connectivity index (χ0v) is 8.88. The highest BCUT2D eigenvalue weighted by molar-refractivity contribution is 5.39. The molecule has 0 aliphatic carbocycles. The van der Waals surface area contributed by atoms with E-state index < -0.39 is 11.7 Å². The summed E-state index contributed by atoms with van der Waals surface area (Å²) in [6, 6.07) is 2.93. The van der Waals surface area contributed by atoms with Gasteiger partial charge in [0.05, 0.1) is 5.56 Å². The van der Waals surface area contributed by atoms with Crippen LogP contribution in [0.25, 0.3) is 0 Å². The number of benzene rings is 1. The van der Waals surface area contributed by atoms with Crippen LogP contribution < -0.4 is 5.73 Å². The average molecular weight is 233 g/mol. The van der Waals surface area contributed by atoms with Crippen molar-refractivity contribution in [3.63, 3.8) is 0 Å². The molecule has 1 aromatic rings. The number of hydrogen-bond donors (Lipinski definition) is 2. The summed E-state index contributed by atoms with van der Waals surface area (Å²) in [5, 5.41) is 9.49. The van der Waals surface area contributed by atoms with Crippen molar-refractivity contribution in [2.24, 2.45) is 5.73 Å². The Balaban J connectivity index is 3.09. The third-order valence-corrected chi connectivity index (χ3v) is 2.49. The average Bonchev–Trinajstić information content (AvgIpc) is 2.16. The Hall–Kier alpha value is -1.23. The van der Waals surface area contributed by atoms with Crippen molar-refractivity contribution >= 4 is 0 Å². The molecule has 0 saturated heterocycles. The lowest BCUT2D eigenvalue weighted by Crippen LogP contribution is -2.08. The van der Waals surface area contributed by atoms with Crippen LogP contribution in [0.2, 0.25) is 0 Å². The molecule has 5 heteroatoms. The van der Waals surface area contributed by atoms with Crippen LogP contribution in [0.15, 0.2) is 18.2 Å². The largest absolute Gasteiger partial charge is 0.508 e. The number of halogens is 3. The van der Waals surface area contributed by atoms with E-state index in [9.17, 15) is 18.3 Å². The van der Waals surface area contributed by atoms with Crippen molar-refractivity contribution in [3.8, 4) is 5.75 Å². The van der Waals surface area contributed by atoms with Crippen molar-refractivity contribution in [3.05, 3.63) is 29.3 Å². The summed E-state index contributed by atoms with van der Waals surface area (Å²) in [5.41, 5.74) is 4.88. The smallest absolute Gasteiger partial charge is 0.416 e. The quantitative estimate of drug-likeness (QED) is 0.843. The molecule has 1 unspecified atom stereocenters. The molecule has 1 rings (SSSR count). The predicted octanol–water partition coefficient (Wildman–Crippen LogP) is 2.86. The second-order valence-electron chi connectivity index (χ2n) is 3.75. The van der Waals surface area contributed by atoms with Gasteiger partial charge >= 0.3 is 6.18 Å². The van der Waals surface area contributed by atoms with Crippen LogP contribution in [0.4, 0.5) is 13.2 Å². The first kappa shape index (κ1) is 12.8. The molecule has 0 aliphatic rings. The molecule has 0 aliphatic heterocycles. The fraction of sp³-hybridized carbons (Fsp3) is 0.455. The van der Waals surface area contributed by atoms with Crippen molar-refractivity contribution < 1.29 is 18.3 Å². The molecule has 2 nitrogen and oxygen atoms in total. The molecule has 0 radical (unpaired) electrons. The molecule has 90 valence electrons. The normalized spacial score (nSPS) is 13.8. The molecule has 0 aromatic heterocycles. The third-order valence-electron chi connectivity index (χ3n) is 2.49. The van der Waals surface area contributed by atoms with Crippen molar-refractivity contribution in [2.45, 2.75) is 25.4 Å². The zero-order valence-electron chi connectivity index (χ0n) is 8.88. The molecule has 16 heavy (non-hydrogen) atoms. The zero-order chi connectivity index (χ0) is 12.3. The van der Waals surface area contributed by atoms with Crippen LogP contribution in [0.1, 0.15) is 30.4 Å². The van der Waals surface area contributed by atoms with E-state index in [1.54, 1.807) is 6.92 Å². The minimum atomic E-state index is -4.38. The van der Waals surface area contributed by atoms with E-state index in [-0.39, 0.29) is 11.7 Å². The summed E-state index contributed by atoms with van der Waals surface area (Å²) >= 11 is 0. The van der Waals surface area contributed by atoms with Crippen LogP contribution >= 0.6 is 0 Å². The first-order valence-corrected chi connectivity index (χ1v) is 4.96. The minimum absolute atomic E-state index is 0.117. The van der Waals surface area contributed by atoms with Gasteiger partial charge in [0.15, 0.2) is 0 Å². The highest BCUT2D eigenvalue weighted by atomic mass is 19.4. The Bertz CT molecular complexity index is 363. The molecule has 1 atom stereocenters. The van der Waals surface area contributed by atoms with Crippen molar-refractivity contribution in [1.82, 2.24) is 0 Å². The topological polar surface area (TPSA) is 46.2 Å². The van der Waals surface area contributed by atoms with Gasteiger partial charge in [0.25, 0.3) is 0 Å². The monoisotopic (exact) mass is 233 g/mol. The summed E-state index contributed by atoms with van der Waals surface area (Å²) in [4.78, 5) is 0. The SMILES string of the molecule is CC(CCN)c1cc(C(F)(F)F)ccc1O. The predicted molar refractivity (Wildman–Crippen MR) is 55.2 cm³/mol. The van der Waals surface area contributed by atoms with Gasteiger partial charge < -0.3 is 10.8 Å². The second kappa shape index (κ2) is 4.74. The van der Waals surface area contributed by atoms with Gasteiger partial charge in [0.2, 0.25) is 0 Å². The van der Waals surface area contributed by atoms with Crippen LogP contribution in [0.5, 0.6) is 5.75 Å². The van der Waals surface area contributed by atoms with E-state index >= 15 is 0 Å². The van der Waals surface area contributed by atoms with Gasteiger partial charge in [0, 0.05) is 0 Å². The van der Waals surface area contributed by atoms with Gasteiger partial charge in [0.1, 0.15) is 5.75 Å². The number of phenols is 1. The minimum Gasteiger partial charge on any atom is -0.508 e. The van der Waals surface area contributed by atoms with Crippen LogP contribution in [0.3, 0.4) is 0 Å². The standard InChI is InChI=1S/C11H14F3NO/c1-7(4-5-15)9-6-8(11(12,13)14)2-3-10(9)16/h2-3,6-7,16H,4-5,15H2,1H3. The van der Waals surface area contributed by atoms with Gasteiger partial charge in [-0.1, -0.05) is 6.92 Å². The highest BCUT2D eigenvalue weighted by Gasteiger charge is 2.31. The Kier molecular flexibility index (Phi) is 3.80. The van der Waals surface area contributed by atoms with Gasteiger partial charge in [-0.3, -0.25) is 0 Å². The molecule has 0 amide bonds. The Morgan fingerprint density at radius 3 is 2.50 bits per heavy atom. The van der Waals surface area contributed by atoms with Crippen molar-refractivity contribution in [1.29, 1.82) is 0 Å². The van der Waals surface area contributed by atoms with E-state index in [2.05, 4.69) is 0 Å². The maximum absolute atomic E-state index is 12.4. The fourth-order valence-corrected chi connectivity index (χ4v) is 1.53. The summed E-state index contributed by atoms with van der Waals surface area (Å²) in [6.45, 7) is 2.11. The third kappa shape index (κ3) is 2.88. The van der Waals surface area contributed by atoms with Gasteiger partial charge in [-0.25, -0.2) is 0 Å². The number of rotatable bonds is 3. The molecule has 1 aromatic carbocycles. The lowest BCUT2D eigenvalue weighted by Gasteiger charge is -2.15. The summed E-state index contributed by atoms with van der Waals surface area (Å²) in [7, 11) is 0. The molecule has 0 fully saturated rings. The lowest BCUT2D eigenvalue weighted by molar-refractivity contribution is -0.137. The molecule has 0 heterocycles. The van der Waals surface area contributed by atoms with E-state index in [0.29, 0.717) is 18.5 Å². The summed E-state index contributed by atoms with van der Waals surface area (Å²) in [6.07, 6.45) is -3.85. The molecule has 0 saturated carbocycles. The molecular formula is C11H14F3NO. The molecule has 0 spiro atoms. The molecule has 0 bridgehead atoms. The molecular weight excluding hydrogens is 219 g/mol. The second-order valence-corrected chi connectivity index (χ2v) is 3.75. The number of aromatic hydroxyl groups is 1. The molecule has 3 N–H and O–H groups in total. The number of nitrogens with two attached hydrogens (primary N) is 1. The van der Waals surface area contributed by atoms with Crippen LogP contribution in [-0.4, -0.2) is 11.7 Å². The Labute approximate surface area is 91.9 Å². The number of hydrogen-bond acceptors (Lipinski definition) is 2. The first-order valence-electron chi connectivity index (χ1n) is 4.96. The fourth-order valence-electron chi connectivity index (χ4n) is 1.53. The van der Waals surface area contributed by atoms with E-state index in [0.717, 1.165) is 18.2 Å². The maximum atomic E-state index is 12.4. The first-order chi connectivity index (χ1) is 7.36. The lowest BCUT2D eigenvalue weighted by atomic mass is 9.95. The van der Waals surface area contributed by atoms with Gasteiger partial charge in [-0.05, 0) is 42.6 Å². The van der Waals surface area contributed by atoms with Crippen LogP contribution in [-0.2, 0) is 6.18 Å². The van der Waals surface area contributed by atoms with Crippen LogP contribution in [0, 0.1) is 0 Å². The number of phenolic OH excluding ortho intramolecular Hbond substituents is 1. The summed E-state index contributed by atoms with van der Waals surface area (Å²) < 4.78 is 37.3. The highest BCUT2D eigenvalue weighted by Crippen LogP contribution is 2.35. The Morgan fingerprint density at radius 2 is 2.00 bits per heavy atom. The maximum Gasteiger partial charge on any atom is 0.416 e.